The van der Waals surface area contributed by atoms with Crippen LogP contribution in [0.3, 0.4) is 0 Å². The summed E-state index contributed by atoms with van der Waals surface area (Å²) in [7, 11) is 1.61. The lowest BCUT2D eigenvalue weighted by Gasteiger charge is -2.30. The van der Waals surface area contributed by atoms with Gasteiger partial charge in [-0.25, -0.2) is 4.98 Å². The summed E-state index contributed by atoms with van der Waals surface area (Å²) >= 11 is 14.3. The number of aromatic nitrogens is 2. The molecule has 1 fully saturated rings. The van der Waals surface area contributed by atoms with Crippen molar-refractivity contribution in [2.75, 3.05) is 25.2 Å². The number of rotatable bonds is 7. The maximum atomic E-state index is 6.51. The van der Waals surface area contributed by atoms with Gasteiger partial charge < -0.3 is 24.5 Å². The number of halogens is 2. The predicted molar refractivity (Wildman–Crippen MR) is 119 cm³/mol. The van der Waals surface area contributed by atoms with Crippen LogP contribution in [-0.2, 0) is 21.8 Å². The SMILES string of the molecule is COc1cc(SCC2COC(Cn3ccnc3)(c3ccc(Cl)cc3Cl)O2)ccc1N. The normalized spacial score (nSPS) is 21.1. The molecule has 2 heterocycles. The zero-order chi connectivity index (χ0) is 21.1. The number of anilines is 1. The van der Waals surface area contributed by atoms with Crippen LogP contribution in [0.4, 0.5) is 5.69 Å². The van der Waals surface area contributed by atoms with E-state index in [4.69, 9.17) is 43.1 Å². The summed E-state index contributed by atoms with van der Waals surface area (Å²) in [5, 5.41) is 1.06. The van der Waals surface area contributed by atoms with Crippen LogP contribution in [0.5, 0.6) is 5.75 Å². The summed E-state index contributed by atoms with van der Waals surface area (Å²) in [4.78, 5) is 5.16. The molecular formula is C21H21Cl2N3O3S. The Morgan fingerprint density at radius 2 is 2.17 bits per heavy atom. The standard InChI is InChI=1S/C21H21Cl2N3O3S/c1-27-20-9-16(3-5-19(20)24)30-11-15-10-28-21(29-15,12-26-7-6-25-13-26)17-4-2-14(22)8-18(17)23/h2-9,13,15H,10-12,24H2,1H3. The van der Waals surface area contributed by atoms with Crippen LogP contribution >= 0.6 is 35.0 Å². The second-order valence-corrected chi connectivity index (χ2v) is 8.81. The van der Waals surface area contributed by atoms with Gasteiger partial charge in [-0.15, -0.1) is 11.8 Å². The van der Waals surface area contributed by atoms with Crippen LogP contribution in [0, 0.1) is 0 Å². The molecule has 30 heavy (non-hydrogen) atoms. The Balaban J connectivity index is 1.53. The van der Waals surface area contributed by atoms with E-state index in [1.807, 2.05) is 35.0 Å². The second kappa shape index (κ2) is 9.08. The Morgan fingerprint density at radius 1 is 1.30 bits per heavy atom. The maximum Gasteiger partial charge on any atom is 0.215 e. The monoisotopic (exact) mass is 465 g/mol. The number of nitrogens with zero attached hydrogens (tertiary/aromatic N) is 2. The van der Waals surface area contributed by atoms with Gasteiger partial charge in [0, 0.05) is 33.6 Å². The quantitative estimate of drug-likeness (QED) is 0.397. The van der Waals surface area contributed by atoms with Crippen molar-refractivity contribution in [1.29, 1.82) is 0 Å². The molecule has 1 aromatic heterocycles. The van der Waals surface area contributed by atoms with Crippen molar-refractivity contribution in [3.8, 4) is 5.75 Å². The number of benzene rings is 2. The van der Waals surface area contributed by atoms with E-state index in [0.717, 1.165) is 10.5 Å². The molecule has 0 saturated carbocycles. The number of thioether (sulfide) groups is 1. The first kappa shape index (κ1) is 21.3. The first-order valence-corrected chi connectivity index (χ1v) is 11.0. The number of hydrogen-bond acceptors (Lipinski definition) is 6. The molecule has 0 aliphatic carbocycles. The van der Waals surface area contributed by atoms with Gasteiger partial charge in [-0.05, 0) is 30.3 Å². The Kier molecular flexibility index (Phi) is 6.46. The lowest BCUT2D eigenvalue weighted by molar-refractivity contribution is -0.184. The Morgan fingerprint density at radius 3 is 2.90 bits per heavy atom. The lowest BCUT2D eigenvalue weighted by Crippen LogP contribution is -2.34. The van der Waals surface area contributed by atoms with E-state index in [2.05, 4.69) is 4.98 Å². The first-order chi connectivity index (χ1) is 14.5. The van der Waals surface area contributed by atoms with E-state index in [9.17, 15) is 0 Å². The first-order valence-electron chi connectivity index (χ1n) is 9.28. The van der Waals surface area contributed by atoms with Crippen molar-refractivity contribution in [1.82, 2.24) is 9.55 Å². The van der Waals surface area contributed by atoms with E-state index in [1.54, 1.807) is 43.5 Å². The molecule has 6 nitrogen and oxygen atoms in total. The van der Waals surface area contributed by atoms with Gasteiger partial charge in [0.05, 0.1) is 43.4 Å². The molecule has 1 aliphatic heterocycles. The van der Waals surface area contributed by atoms with Crippen molar-refractivity contribution in [2.45, 2.75) is 23.3 Å². The predicted octanol–water partition coefficient (Wildman–Crippen LogP) is 4.84. The zero-order valence-corrected chi connectivity index (χ0v) is 18.6. The minimum Gasteiger partial charge on any atom is -0.495 e. The summed E-state index contributed by atoms with van der Waals surface area (Å²) in [6, 6.07) is 11.1. The number of ether oxygens (including phenoxy) is 3. The fourth-order valence-electron chi connectivity index (χ4n) is 3.35. The third kappa shape index (κ3) is 4.55. The molecule has 2 N–H and O–H groups in total. The molecule has 0 spiro atoms. The largest absolute Gasteiger partial charge is 0.495 e. The molecule has 2 aromatic carbocycles. The fourth-order valence-corrected chi connectivity index (χ4v) is 4.80. The van der Waals surface area contributed by atoms with Crippen molar-refractivity contribution in [3.05, 3.63) is 70.7 Å². The average molecular weight is 466 g/mol. The van der Waals surface area contributed by atoms with E-state index in [1.165, 1.54) is 0 Å². The number of imidazole rings is 1. The van der Waals surface area contributed by atoms with Crippen LogP contribution in [0.25, 0.3) is 0 Å². The number of methoxy groups -OCH3 is 1. The minimum absolute atomic E-state index is 0.131. The highest BCUT2D eigenvalue weighted by molar-refractivity contribution is 7.99. The van der Waals surface area contributed by atoms with Crippen molar-refractivity contribution in [2.24, 2.45) is 0 Å². The maximum absolute atomic E-state index is 6.51. The Bertz CT molecular complexity index is 1020. The smallest absolute Gasteiger partial charge is 0.215 e. The second-order valence-electron chi connectivity index (χ2n) is 6.88. The molecule has 0 amide bonds. The van der Waals surface area contributed by atoms with Gasteiger partial charge in [0.25, 0.3) is 0 Å². The van der Waals surface area contributed by atoms with Gasteiger partial charge in [0.1, 0.15) is 5.75 Å². The molecule has 4 rings (SSSR count). The van der Waals surface area contributed by atoms with E-state index in [-0.39, 0.29) is 6.10 Å². The van der Waals surface area contributed by atoms with Gasteiger partial charge in [-0.1, -0.05) is 29.3 Å². The number of hydrogen-bond donors (Lipinski definition) is 1. The van der Waals surface area contributed by atoms with E-state index >= 15 is 0 Å². The summed E-state index contributed by atoms with van der Waals surface area (Å²) in [5.41, 5.74) is 7.25. The topological polar surface area (TPSA) is 71.5 Å². The van der Waals surface area contributed by atoms with Gasteiger partial charge in [-0.2, -0.15) is 0 Å². The zero-order valence-electron chi connectivity index (χ0n) is 16.3. The molecular weight excluding hydrogens is 445 g/mol. The van der Waals surface area contributed by atoms with Crippen molar-refractivity contribution < 1.29 is 14.2 Å². The molecule has 1 saturated heterocycles. The molecule has 2 unspecified atom stereocenters. The number of nitrogen functional groups attached to an aromatic ring is 1. The Labute approximate surface area is 189 Å². The molecule has 158 valence electrons. The third-order valence-electron chi connectivity index (χ3n) is 4.79. The van der Waals surface area contributed by atoms with Gasteiger partial charge >= 0.3 is 0 Å². The summed E-state index contributed by atoms with van der Waals surface area (Å²) in [6.07, 6.45) is 5.17. The van der Waals surface area contributed by atoms with E-state index < -0.39 is 5.79 Å². The minimum atomic E-state index is -1.02. The van der Waals surface area contributed by atoms with Crippen LogP contribution in [0.15, 0.2) is 60.0 Å². The molecule has 1 aliphatic rings. The summed E-state index contributed by atoms with van der Waals surface area (Å²) in [6.45, 7) is 0.859. The van der Waals surface area contributed by atoms with Crippen LogP contribution in [0.1, 0.15) is 5.56 Å². The highest BCUT2D eigenvalue weighted by Crippen LogP contribution is 2.41. The van der Waals surface area contributed by atoms with Crippen molar-refractivity contribution in [3.63, 3.8) is 0 Å². The Hall–Kier alpha value is -1.90. The summed E-state index contributed by atoms with van der Waals surface area (Å²) in [5.74, 6) is 0.335. The highest BCUT2D eigenvalue weighted by atomic mass is 35.5. The molecule has 9 heteroatoms. The van der Waals surface area contributed by atoms with Gasteiger partial charge in [0.2, 0.25) is 5.79 Å². The van der Waals surface area contributed by atoms with Crippen LogP contribution in [0.2, 0.25) is 10.0 Å². The van der Waals surface area contributed by atoms with Crippen LogP contribution < -0.4 is 10.5 Å². The molecule has 0 radical (unpaired) electrons. The van der Waals surface area contributed by atoms with Gasteiger partial charge in [0.15, 0.2) is 0 Å². The van der Waals surface area contributed by atoms with Crippen molar-refractivity contribution >= 4 is 40.7 Å². The lowest BCUT2D eigenvalue weighted by atomic mass is 10.1. The molecule has 2 atom stereocenters. The number of nitrogens with two attached hydrogens (primary N) is 1. The molecule has 0 bridgehead atoms. The highest BCUT2D eigenvalue weighted by Gasteiger charge is 2.45. The van der Waals surface area contributed by atoms with Crippen LogP contribution in [-0.4, -0.2) is 35.1 Å². The summed E-state index contributed by atoms with van der Waals surface area (Å²) < 4.78 is 19.9. The molecule has 3 aromatic rings. The van der Waals surface area contributed by atoms with E-state index in [0.29, 0.717) is 40.4 Å². The van der Waals surface area contributed by atoms with Gasteiger partial charge in [-0.3, -0.25) is 0 Å². The fraction of sp³-hybridized carbons (Fsp3) is 0.286. The third-order valence-corrected chi connectivity index (χ3v) is 6.47. The average Bonchev–Trinajstić information content (AvgIpc) is 3.38.